The van der Waals surface area contributed by atoms with Gasteiger partial charge in [-0.1, -0.05) is 20.8 Å². The van der Waals surface area contributed by atoms with Gasteiger partial charge >= 0.3 is 5.97 Å². The van der Waals surface area contributed by atoms with Crippen molar-refractivity contribution in [1.29, 1.82) is 0 Å². The maximum Gasteiger partial charge on any atom is 0.307 e. The number of anilines is 2. The van der Waals surface area contributed by atoms with Crippen molar-refractivity contribution in [2.24, 2.45) is 11.3 Å². The summed E-state index contributed by atoms with van der Waals surface area (Å²) in [7, 11) is 1.55. The minimum atomic E-state index is -0.897. The molecule has 1 saturated carbocycles. The molecule has 0 heterocycles. The number of rotatable bonds is 5. The van der Waals surface area contributed by atoms with Crippen LogP contribution in [0.5, 0.6) is 5.75 Å². The minimum Gasteiger partial charge on any atom is -0.496 e. The molecule has 2 atom stereocenters. The highest BCUT2D eigenvalue weighted by atomic mass is 16.5. The lowest BCUT2D eigenvalue weighted by Gasteiger charge is -2.39. The van der Waals surface area contributed by atoms with Gasteiger partial charge in [-0.15, -0.1) is 0 Å². The largest absolute Gasteiger partial charge is 0.496 e. The Morgan fingerprint density at radius 3 is 2.70 bits per heavy atom. The normalized spacial score (nSPS) is 23.3. The topological polar surface area (TPSA) is 84.6 Å². The SMILES string of the molecule is COc1cc(N[C@@H]2C[C@H](C)CC(C)(C)C2)c(N)cc1CC(=O)O. The van der Waals surface area contributed by atoms with Gasteiger partial charge in [0.25, 0.3) is 0 Å². The van der Waals surface area contributed by atoms with E-state index in [0.717, 1.165) is 18.5 Å². The summed E-state index contributed by atoms with van der Waals surface area (Å²) in [5.74, 6) is 0.337. The minimum absolute atomic E-state index is 0.0961. The number of carboxylic acid groups (broad SMARTS) is 1. The zero-order valence-electron chi connectivity index (χ0n) is 14.5. The van der Waals surface area contributed by atoms with E-state index >= 15 is 0 Å². The Labute approximate surface area is 138 Å². The molecule has 0 amide bonds. The highest BCUT2D eigenvalue weighted by Crippen LogP contribution is 2.40. The van der Waals surface area contributed by atoms with Crippen molar-refractivity contribution in [3.63, 3.8) is 0 Å². The van der Waals surface area contributed by atoms with E-state index in [0.29, 0.717) is 34.4 Å². The summed E-state index contributed by atoms with van der Waals surface area (Å²) in [6.07, 6.45) is 3.35. The Balaban J connectivity index is 2.21. The van der Waals surface area contributed by atoms with Crippen molar-refractivity contribution in [2.75, 3.05) is 18.2 Å². The highest BCUT2D eigenvalue weighted by Gasteiger charge is 2.32. The zero-order valence-corrected chi connectivity index (χ0v) is 14.5. The van der Waals surface area contributed by atoms with Gasteiger partial charge in [0.05, 0.1) is 24.9 Å². The maximum atomic E-state index is 10.9. The lowest BCUT2D eigenvalue weighted by Crippen LogP contribution is -2.35. The molecule has 0 aromatic heterocycles. The average molecular weight is 320 g/mol. The van der Waals surface area contributed by atoms with E-state index in [1.54, 1.807) is 13.2 Å². The number of carboxylic acids is 1. The highest BCUT2D eigenvalue weighted by molar-refractivity contribution is 5.76. The molecule has 0 radical (unpaired) electrons. The van der Waals surface area contributed by atoms with Crippen LogP contribution in [-0.2, 0) is 11.2 Å². The molecule has 1 fully saturated rings. The molecular weight excluding hydrogens is 292 g/mol. The molecule has 2 rings (SSSR count). The summed E-state index contributed by atoms with van der Waals surface area (Å²) >= 11 is 0. The molecule has 1 aromatic rings. The number of hydrogen-bond donors (Lipinski definition) is 3. The smallest absolute Gasteiger partial charge is 0.307 e. The standard InChI is InChI=1S/C18H28N2O3/c1-11-5-13(10-18(2,3)9-11)20-15-8-16(23-4)12(6-14(15)19)7-17(21)22/h6,8,11,13,20H,5,7,9-10,19H2,1-4H3,(H,21,22)/t11-,13+/m0/s1. The van der Waals surface area contributed by atoms with Crippen LogP contribution < -0.4 is 15.8 Å². The number of methoxy groups -OCH3 is 1. The number of aliphatic carboxylic acids is 1. The van der Waals surface area contributed by atoms with Gasteiger partial charge in [-0.3, -0.25) is 4.79 Å². The van der Waals surface area contributed by atoms with Crippen LogP contribution in [0, 0.1) is 11.3 Å². The van der Waals surface area contributed by atoms with E-state index in [1.165, 1.54) is 6.42 Å². The van der Waals surface area contributed by atoms with E-state index in [2.05, 4.69) is 26.1 Å². The number of benzene rings is 1. The van der Waals surface area contributed by atoms with Crippen LogP contribution in [0.15, 0.2) is 12.1 Å². The molecule has 0 aliphatic heterocycles. The van der Waals surface area contributed by atoms with Crippen molar-refractivity contribution in [3.8, 4) is 5.75 Å². The molecule has 128 valence electrons. The molecular formula is C18H28N2O3. The van der Waals surface area contributed by atoms with Crippen LogP contribution in [0.25, 0.3) is 0 Å². The van der Waals surface area contributed by atoms with Crippen LogP contribution in [0.2, 0.25) is 0 Å². The number of hydrogen-bond acceptors (Lipinski definition) is 4. The third-order valence-corrected chi connectivity index (χ3v) is 4.54. The van der Waals surface area contributed by atoms with E-state index < -0.39 is 5.97 Å². The number of nitrogen functional groups attached to an aromatic ring is 1. The van der Waals surface area contributed by atoms with Crippen molar-refractivity contribution in [2.45, 2.75) is 52.5 Å². The van der Waals surface area contributed by atoms with E-state index in [9.17, 15) is 4.79 Å². The summed E-state index contributed by atoms with van der Waals surface area (Å²) in [6.45, 7) is 6.89. The Morgan fingerprint density at radius 2 is 2.13 bits per heavy atom. The third-order valence-electron chi connectivity index (χ3n) is 4.54. The molecule has 1 aliphatic carbocycles. The van der Waals surface area contributed by atoms with E-state index in [-0.39, 0.29) is 6.42 Å². The Morgan fingerprint density at radius 1 is 1.43 bits per heavy atom. The molecule has 4 N–H and O–H groups in total. The first-order valence-electron chi connectivity index (χ1n) is 8.15. The molecule has 23 heavy (non-hydrogen) atoms. The fraction of sp³-hybridized carbons (Fsp3) is 0.611. The fourth-order valence-electron chi connectivity index (χ4n) is 3.94. The Bertz CT molecular complexity index is 584. The summed E-state index contributed by atoms with van der Waals surface area (Å²) in [5.41, 5.74) is 8.44. The molecule has 1 aromatic carbocycles. The quantitative estimate of drug-likeness (QED) is 0.723. The monoisotopic (exact) mass is 320 g/mol. The Hall–Kier alpha value is -1.91. The van der Waals surface area contributed by atoms with Crippen LogP contribution in [0.4, 0.5) is 11.4 Å². The maximum absolute atomic E-state index is 10.9. The first-order valence-corrected chi connectivity index (χ1v) is 8.15. The summed E-state index contributed by atoms with van der Waals surface area (Å²) in [5, 5.41) is 12.5. The fourth-order valence-corrected chi connectivity index (χ4v) is 3.94. The van der Waals surface area contributed by atoms with Gasteiger partial charge in [0.2, 0.25) is 0 Å². The number of nitrogens with one attached hydrogen (secondary N) is 1. The van der Waals surface area contributed by atoms with Crippen molar-refractivity contribution in [1.82, 2.24) is 0 Å². The summed E-state index contributed by atoms with van der Waals surface area (Å²) < 4.78 is 5.33. The molecule has 0 spiro atoms. The second-order valence-corrected chi connectivity index (χ2v) is 7.58. The first kappa shape index (κ1) is 17.4. The van der Waals surface area contributed by atoms with E-state index in [4.69, 9.17) is 15.6 Å². The lowest BCUT2D eigenvalue weighted by atomic mass is 9.70. The zero-order chi connectivity index (χ0) is 17.2. The number of nitrogens with two attached hydrogens (primary N) is 1. The van der Waals surface area contributed by atoms with Gasteiger partial charge in [0.1, 0.15) is 5.75 Å². The van der Waals surface area contributed by atoms with Crippen molar-refractivity contribution in [3.05, 3.63) is 17.7 Å². The van der Waals surface area contributed by atoms with Crippen LogP contribution >= 0.6 is 0 Å². The molecule has 0 saturated heterocycles. The predicted molar refractivity (Wildman–Crippen MR) is 93.0 cm³/mol. The van der Waals surface area contributed by atoms with Crippen LogP contribution in [0.3, 0.4) is 0 Å². The van der Waals surface area contributed by atoms with Crippen molar-refractivity contribution < 1.29 is 14.6 Å². The predicted octanol–water partition coefficient (Wildman–Crippen LogP) is 3.53. The second-order valence-electron chi connectivity index (χ2n) is 7.58. The van der Waals surface area contributed by atoms with Gasteiger partial charge in [-0.25, -0.2) is 0 Å². The first-order chi connectivity index (χ1) is 10.7. The lowest BCUT2D eigenvalue weighted by molar-refractivity contribution is -0.136. The van der Waals surface area contributed by atoms with Gasteiger partial charge in [-0.05, 0) is 36.7 Å². The van der Waals surface area contributed by atoms with Crippen LogP contribution in [0.1, 0.15) is 45.6 Å². The van der Waals surface area contributed by atoms with Gasteiger partial charge in [0.15, 0.2) is 0 Å². The summed E-state index contributed by atoms with van der Waals surface area (Å²) in [6, 6.07) is 3.89. The molecule has 0 bridgehead atoms. The molecule has 0 unspecified atom stereocenters. The van der Waals surface area contributed by atoms with Crippen molar-refractivity contribution >= 4 is 17.3 Å². The van der Waals surface area contributed by atoms with E-state index in [1.807, 2.05) is 6.07 Å². The summed E-state index contributed by atoms with van der Waals surface area (Å²) in [4.78, 5) is 10.9. The van der Waals surface area contributed by atoms with Gasteiger partial charge < -0.3 is 20.9 Å². The average Bonchev–Trinajstić information content (AvgIpc) is 2.38. The number of carbonyl (C=O) groups is 1. The molecule has 1 aliphatic rings. The number of ether oxygens (including phenoxy) is 1. The van der Waals surface area contributed by atoms with Crippen LogP contribution in [-0.4, -0.2) is 24.2 Å². The van der Waals surface area contributed by atoms with Gasteiger partial charge in [-0.2, -0.15) is 0 Å². The third kappa shape index (κ3) is 4.53. The molecule has 5 nitrogen and oxygen atoms in total. The molecule has 5 heteroatoms. The Kier molecular flexibility index (Phi) is 5.07. The second kappa shape index (κ2) is 6.69. The van der Waals surface area contributed by atoms with Gasteiger partial charge in [0, 0.05) is 17.7 Å².